The zero-order valence-electron chi connectivity index (χ0n) is 10.0. The third kappa shape index (κ3) is 7.73. The molecule has 0 aliphatic rings. The minimum Gasteiger partial charge on any atom is -0.370 e. The second kappa shape index (κ2) is 8.98. The number of aromatic nitrogens is 1. The molecule has 0 bridgehead atoms. The Labute approximate surface area is 119 Å². The van der Waals surface area contributed by atoms with Crippen LogP contribution in [0.5, 0.6) is 0 Å². The maximum Gasteiger partial charge on any atom is 0.188 e. The molecule has 0 fully saturated rings. The lowest BCUT2D eigenvalue weighted by Crippen LogP contribution is -2.33. The van der Waals surface area contributed by atoms with Crippen molar-refractivity contribution in [2.45, 2.75) is 13.3 Å². The Balaban J connectivity index is 0.00000256. The monoisotopic (exact) mass is 346 g/mol. The molecule has 4 nitrogen and oxygen atoms in total. The molecule has 94 valence electrons. The molecule has 0 saturated heterocycles. The molecule has 5 heteroatoms. The average molecular weight is 346 g/mol. The van der Waals surface area contributed by atoms with Gasteiger partial charge in [-0.15, -0.1) is 24.0 Å². The minimum atomic E-state index is 0. The summed E-state index contributed by atoms with van der Waals surface area (Å²) in [6.45, 7) is 6.99. The Kier molecular flexibility index (Phi) is 8.39. The predicted octanol–water partition coefficient (Wildman–Crippen LogP) is 1.72. The van der Waals surface area contributed by atoms with Gasteiger partial charge in [0.15, 0.2) is 5.96 Å². The molecule has 3 N–H and O–H groups in total. The molecule has 17 heavy (non-hydrogen) atoms. The molecule has 0 aromatic carbocycles. The predicted molar refractivity (Wildman–Crippen MR) is 82.7 cm³/mol. The van der Waals surface area contributed by atoms with E-state index in [9.17, 15) is 0 Å². The van der Waals surface area contributed by atoms with Crippen LogP contribution in [0.2, 0.25) is 0 Å². The molecule has 1 heterocycles. The first-order valence-electron chi connectivity index (χ1n) is 5.26. The van der Waals surface area contributed by atoms with Crippen LogP contribution in [0.25, 0.3) is 0 Å². The molecule has 0 spiro atoms. The van der Waals surface area contributed by atoms with Crippen molar-refractivity contribution >= 4 is 29.9 Å². The summed E-state index contributed by atoms with van der Waals surface area (Å²) >= 11 is 0. The number of nitrogens with zero attached hydrogens (tertiary/aromatic N) is 2. The molecule has 0 atom stereocenters. The Hall–Kier alpha value is -1.11. The summed E-state index contributed by atoms with van der Waals surface area (Å²) in [5.41, 5.74) is 7.70. The number of rotatable bonds is 5. The minimum absolute atomic E-state index is 0. The lowest BCUT2D eigenvalue weighted by molar-refractivity contribution is 0.831. The number of nitrogens with two attached hydrogens (primary N) is 1. The van der Waals surface area contributed by atoms with Crippen LogP contribution >= 0.6 is 24.0 Å². The summed E-state index contributed by atoms with van der Waals surface area (Å²) in [5.74, 6) is 0.457. The van der Waals surface area contributed by atoms with Gasteiger partial charge >= 0.3 is 0 Å². The maximum absolute atomic E-state index is 5.66. The molecule has 0 saturated carbocycles. The van der Waals surface area contributed by atoms with Crippen LogP contribution < -0.4 is 11.1 Å². The average Bonchev–Trinajstić information content (AvgIpc) is 2.28. The molecule has 1 aromatic rings. The molecule has 1 aromatic heterocycles. The van der Waals surface area contributed by atoms with Crippen molar-refractivity contribution in [1.82, 2.24) is 10.3 Å². The lowest BCUT2D eigenvalue weighted by atomic mass is 10.3. The van der Waals surface area contributed by atoms with Crippen molar-refractivity contribution < 1.29 is 0 Å². The third-order valence-corrected chi connectivity index (χ3v) is 1.93. The summed E-state index contributed by atoms with van der Waals surface area (Å²) in [5, 5.41) is 3.03. The standard InChI is InChI=1S/C12H18N4.HI/c1-10(2)9-16-12(13)15-8-6-11-5-3-4-7-14-11;/h3-5,7H,1,6,8-9H2,2H3,(H3,13,15,16);1H. The second-order valence-electron chi connectivity index (χ2n) is 3.66. The zero-order chi connectivity index (χ0) is 11.8. The molecule has 0 aliphatic heterocycles. The van der Waals surface area contributed by atoms with Crippen molar-refractivity contribution in [2.75, 3.05) is 13.1 Å². The smallest absolute Gasteiger partial charge is 0.188 e. The highest BCUT2D eigenvalue weighted by Gasteiger charge is 1.94. The zero-order valence-corrected chi connectivity index (χ0v) is 12.3. The van der Waals surface area contributed by atoms with Gasteiger partial charge in [-0.25, -0.2) is 4.99 Å². The SMILES string of the molecule is C=C(C)CN=C(N)NCCc1ccccn1.I. The first-order valence-corrected chi connectivity index (χ1v) is 5.26. The van der Waals surface area contributed by atoms with Crippen LogP contribution in [0.15, 0.2) is 41.5 Å². The molecular formula is C12H19IN4. The van der Waals surface area contributed by atoms with Gasteiger partial charge in [0, 0.05) is 24.9 Å². The Morgan fingerprint density at radius 1 is 1.53 bits per heavy atom. The maximum atomic E-state index is 5.66. The largest absolute Gasteiger partial charge is 0.370 e. The van der Waals surface area contributed by atoms with Gasteiger partial charge in [0.2, 0.25) is 0 Å². The Bertz CT molecular complexity index is 362. The highest BCUT2D eigenvalue weighted by atomic mass is 127. The van der Waals surface area contributed by atoms with Crippen molar-refractivity contribution in [3.8, 4) is 0 Å². The number of pyridine rings is 1. The van der Waals surface area contributed by atoms with E-state index in [1.165, 1.54) is 0 Å². The van der Waals surface area contributed by atoms with Gasteiger partial charge in [-0.1, -0.05) is 18.2 Å². The van der Waals surface area contributed by atoms with E-state index in [0.717, 1.165) is 24.2 Å². The number of nitrogens with one attached hydrogen (secondary N) is 1. The van der Waals surface area contributed by atoms with Gasteiger partial charge < -0.3 is 11.1 Å². The van der Waals surface area contributed by atoms with Gasteiger partial charge in [0.05, 0.1) is 6.54 Å². The van der Waals surface area contributed by atoms with Gasteiger partial charge in [0.1, 0.15) is 0 Å². The molecule has 0 aliphatic carbocycles. The Morgan fingerprint density at radius 2 is 2.29 bits per heavy atom. The van der Waals surface area contributed by atoms with Crippen molar-refractivity contribution in [3.05, 3.63) is 42.2 Å². The van der Waals surface area contributed by atoms with Crippen molar-refractivity contribution in [2.24, 2.45) is 10.7 Å². The van der Waals surface area contributed by atoms with Crippen LogP contribution in [0.3, 0.4) is 0 Å². The fourth-order valence-electron chi connectivity index (χ4n) is 1.14. The topological polar surface area (TPSA) is 63.3 Å². The van der Waals surface area contributed by atoms with E-state index < -0.39 is 0 Å². The van der Waals surface area contributed by atoms with E-state index >= 15 is 0 Å². The van der Waals surface area contributed by atoms with E-state index in [1.54, 1.807) is 6.20 Å². The van der Waals surface area contributed by atoms with Gasteiger partial charge in [0.25, 0.3) is 0 Å². The fourth-order valence-corrected chi connectivity index (χ4v) is 1.14. The van der Waals surface area contributed by atoms with Crippen molar-refractivity contribution in [3.63, 3.8) is 0 Å². The highest BCUT2D eigenvalue weighted by molar-refractivity contribution is 14.0. The van der Waals surface area contributed by atoms with E-state index in [1.807, 2.05) is 25.1 Å². The first-order chi connectivity index (χ1) is 7.68. The lowest BCUT2D eigenvalue weighted by Gasteiger charge is -2.05. The van der Waals surface area contributed by atoms with Crippen LogP contribution in [0.1, 0.15) is 12.6 Å². The normalized spacial score (nSPS) is 10.5. The summed E-state index contributed by atoms with van der Waals surface area (Å²) < 4.78 is 0. The fraction of sp³-hybridized carbons (Fsp3) is 0.333. The molecular weight excluding hydrogens is 327 g/mol. The Morgan fingerprint density at radius 3 is 2.88 bits per heavy atom. The molecule has 0 amide bonds. The number of hydrogen-bond donors (Lipinski definition) is 2. The summed E-state index contributed by atoms with van der Waals surface area (Å²) in [6, 6.07) is 5.86. The van der Waals surface area contributed by atoms with Gasteiger partial charge in [-0.05, 0) is 19.1 Å². The molecule has 0 radical (unpaired) electrons. The van der Waals surface area contributed by atoms with Gasteiger partial charge in [-0.3, -0.25) is 4.98 Å². The quantitative estimate of drug-likeness (QED) is 0.369. The summed E-state index contributed by atoms with van der Waals surface area (Å²) in [6.07, 6.45) is 2.62. The van der Waals surface area contributed by atoms with Crippen LogP contribution in [0, 0.1) is 0 Å². The first kappa shape index (κ1) is 15.9. The van der Waals surface area contributed by atoms with Crippen LogP contribution in [-0.2, 0) is 6.42 Å². The summed E-state index contributed by atoms with van der Waals surface area (Å²) in [4.78, 5) is 8.33. The van der Waals surface area contributed by atoms with E-state index in [0.29, 0.717) is 12.5 Å². The second-order valence-corrected chi connectivity index (χ2v) is 3.66. The molecule has 1 rings (SSSR count). The van der Waals surface area contributed by atoms with Crippen LogP contribution in [-0.4, -0.2) is 24.0 Å². The summed E-state index contributed by atoms with van der Waals surface area (Å²) in [7, 11) is 0. The van der Waals surface area contributed by atoms with Crippen LogP contribution in [0.4, 0.5) is 0 Å². The number of hydrogen-bond acceptors (Lipinski definition) is 2. The number of halogens is 1. The van der Waals surface area contributed by atoms with Crippen molar-refractivity contribution in [1.29, 1.82) is 0 Å². The van der Waals surface area contributed by atoms with E-state index in [2.05, 4.69) is 21.9 Å². The number of guanidine groups is 1. The van der Waals surface area contributed by atoms with E-state index in [-0.39, 0.29) is 24.0 Å². The van der Waals surface area contributed by atoms with E-state index in [4.69, 9.17) is 5.73 Å². The molecule has 0 unspecified atom stereocenters. The van der Waals surface area contributed by atoms with Gasteiger partial charge in [-0.2, -0.15) is 0 Å². The number of aliphatic imine (C=N–C) groups is 1. The third-order valence-electron chi connectivity index (χ3n) is 1.93. The highest BCUT2D eigenvalue weighted by Crippen LogP contribution is 1.93.